The Morgan fingerprint density at radius 2 is 2.14 bits per heavy atom. The predicted octanol–water partition coefficient (Wildman–Crippen LogP) is 2.90. The molecule has 1 amide bonds. The first-order chi connectivity index (χ1) is 13.7. The molecule has 4 rings (SSSR count). The zero-order chi connectivity index (χ0) is 19.3. The van der Waals surface area contributed by atoms with E-state index in [-0.39, 0.29) is 12.3 Å². The highest BCUT2D eigenvalue weighted by Gasteiger charge is 2.11. The molecule has 0 saturated carbocycles. The lowest BCUT2D eigenvalue weighted by Crippen LogP contribution is -2.27. The quantitative estimate of drug-likeness (QED) is 0.536. The number of ether oxygens (including phenoxy) is 1. The van der Waals surface area contributed by atoms with Gasteiger partial charge in [0.15, 0.2) is 5.76 Å². The summed E-state index contributed by atoms with van der Waals surface area (Å²) in [5.74, 6) is 2.15. The molecule has 0 fully saturated rings. The third kappa shape index (κ3) is 3.88. The number of rotatable bonds is 7. The number of methoxy groups -OCH3 is 1. The number of amides is 1. The molecule has 1 N–H and O–H groups in total. The fourth-order valence-electron chi connectivity index (χ4n) is 3.03. The topological polar surface area (TPSA) is 81.7 Å². The van der Waals surface area contributed by atoms with Crippen LogP contribution in [0.1, 0.15) is 11.5 Å². The van der Waals surface area contributed by atoms with Gasteiger partial charge >= 0.3 is 0 Å². The maximum Gasteiger partial charge on any atom is 0.226 e. The lowest BCUT2D eigenvalue weighted by Gasteiger charge is -2.04. The number of imidazole rings is 1. The zero-order valence-electron chi connectivity index (χ0n) is 15.5. The second-order valence-corrected chi connectivity index (χ2v) is 6.36. The van der Waals surface area contributed by atoms with Crippen LogP contribution in [0.25, 0.3) is 16.8 Å². The van der Waals surface area contributed by atoms with Gasteiger partial charge in [-0.3, -0.25) is 4.79 Å². The van der Waals surface area contributed by atoms with E-state index in [0.29, 0.717) is 24.4 Å². The number of nitrogens with zero attached hydrogens (tertiary/aromatic N) is 3. The van der Waals surface area contributed by atoms with E-state index in [1.807, 2.05) is 59.3 Å². The molecule has 0 aliphatic rings. The summed E-state index contributed by atoms with van der Waals surface area (Å²) in [5, 5.41) is 6.90. The van der Waals surface area contributed by atoms with Crippen LogP contribution in [0, 0.1) is 0 Å². The first-order valence-corrected chi connectivity index (χ1v) is 9.00. The molecule has 1 aromatic carbocycles. The molecular formula is C21H20N4O3. The number of pyridine rings is 1. The molecule has 0 atom stereocenters. The van der Waals surface area contributed by atoms with Crippen molar-refractivity contribution in [3.63, 3.8) is 0 Å². The van der Waals surface area contributed by atoms with E-state index in [1.54, 1.807) is 13.2 Å². The van der Waals surface area contributed by atoms with Crippen LogP contribution in [0.5, 0.6) is 5.75 Å². The summed E-state index contributed by atoms with van der Waals surface area (Å²) in [6.45, 7) is 0.507. The molecule has 0 spiro atoms. The first kappa shape index (κ1) is 17.8. The Hall–Kier alpha value is -3.61. The molecule has 0 unspecified atom stereocenters. The smallest absolute Gasteiger partial charge is 0.226 e. The summed E-state index contributed by atoms with van der Waals surface area (Å²) >= 11 is 0. The SMILES string of the molecule is COc1cccc(-c2cc(CC(=O)NCCc3ncc4ccccn34)no2)c1. The van der Waals surface area contributed by atoms with E-state index < -0.39 is 0 Å². The minimum atomic E-state index is -0.105. The Bertz CT molecular complexity index is 1100. The third-order valence-corrected chi connectivity index (χ3v) is 4.44. The van der Waals surface area contributed by atoms with E-state index in [2.05, 4.69) is 15.5 Å². The molecule has 28 heavy (non-hydrogen) atoms. The Morgan fingerprint density at radius 3 is 3.04 bits per heavy atom. The lowest BCUT2D eigenvalue weighted by atomic mass is 10.1. The van der Waals surface area contributed by atoms with Crippen molar-refractivity contribution < 1.29 is 14.1 Å². The number of nitrogens with one attached hydrogen (secondary N) is 1. The fourth-order valence-corrected chi connectivity index (χ4v) is 3.03. The van der Waals surface area contributed by atoms with E-state index in [9.17, 15) is 4.79 Å². The van der Waals surface area contributed by atoms with Gasteiger partial charge in [0, 0.05) is 30.8 Å². The molecule has 0 saturated heterocycles. The zero-order valence-corrected chi connectivity index (χ0v) is 15.5. The van der Waals surface area contributed by atoms with Gasteiger partial charge in [0.05, 0.1) is 30.9 Å². The highest BCUT2D eigenvalue weighted by Crippen LogP contribution is 2.24. The molecule has 0 aliphatic carbocycles. The Labute approximate surface area is 161 Å². The monoisotopic (exact) mass is 376 g/mol. The number of hydrogen-bond donors (Lipinski definition) is 1. The molecular weight excluding hydrogens is 356 g/mol. The molecule has 0 bridgehead atoms. The van der Waals surface area contributed by atoms with Gasteiger partial charge in [0.2, 0.25) is 5.91 Å². The van der Waals surface area contributed by atoms with Gasteiger partial charge in [-0.05, 0) is 24.3 Å². The van der Waals surface area contributed by atoms with Crippen molar-refractivity contribution in [1.82, 2.24) is 19.9 Å². The minimum absolute atomic E-state index is 0.105. The lowest BCUT2D eigenvalue weighted by molar-refractivity contribution is -0.120. The van der Waals surface area contributed by atoms with Crippen LogP contribution in [-0.4, -0.2) is 34.1 Å². The van der Waals surface area contributed by atoms with Crippen LogP contribution < -0.4 is 10.1 Å². The Morgan fingerprint density at radius 1 is 1.21 bits per heavy atom. The maximum atomic E-state index is 12.2. The highest BCUT2D eigenvalue weighted by molar-refractivity contribution is 5.78. The predicted molar refractivity (Wildman–Crippen MR) is 104 cm³/mol. The van der Waals surface area contributed by atoms with Crippen molar-refractivity contribution in [3.05, 3.63) is 72.4 Å². The summed E-state index contributed by atoms with van der Waals surface area (Å²) in [6, 6.07) is 15.2. The fraction of sp³-hybridized carbons (Fsp3) is 0.190. The van der Waals surface area contributed by atoms with Crippen LogP contribution in [0.4, 0.5) is 0 Å². The third-order valence-electron chi connectivity index (χ3n) is 4.44. The van der Waals surface area contributed by atoms with Crippen molar-refractivity contribution >= 4 is 11.4 Å². The molecule has 3 heterocycles. The molecule has 3 aromatic heterocycles. The van der Waals surface area contributed by atoms with E-state index in [4.69, 9.17) is 9.26 Å². The van der Waals surface area contributed by atoms with Crippen LogP contribution in [0.2, 0.25) is 0 Å². The molecule has 142 valence electrons. The molecule has 0 radical (unpaired) electrons. The van der Waals surface area contributed by atoms with E-state index >= 15 is 0 Å². The highest BCUT2D eigenvalue weighted by atomic mass is 16.5. The standard InChI is InChI=1S/C21H20N4O3/c1-27-18-7-4-5-15(11-18)19-12-16(24-28-19)13-21(26)22-9-8-20-23-14-17-6-2-3-10-25(17)20/h2-7,10-12,14H,8-9,13H2,1H3,(H,22,26). The minimum Gasteiger partial charge on any atom is -0.497 e. The summed E-state index contributed by atoms with van der Waals surface area (Å²) < 4.78 is 12.6. The second-order valence-electron chi connectivity index (χ2n) is 6.36. The summed E-state index contributed by atoms with van der Waals surface area (Å²) in [6.07, 6.45) is 4.61. The number of aromatic nitrogens is 3. The van der Waals surface area contributed by atoms with Gasteiger partial charge in [0.25, 0.3) is 0 Å². The van der Waals surface area contributed by atoms with E-state index in [0.717, 1.165) is 22.7 Å². The number of carbonyl (C=O) groups is 1. The van der Waals surface area contributed by atoms with Crippen LogP contribution in [0.15, 0.2) is 65.4 Å². The van der Waals surface area contributed by atoms with Crippen LogP contribution in [0.3, 0.4) is 0 Å². The Kier molecular flexibility index (Phi) is 5.05. The van der Waals surface area contributed by atoms with Gasteiger partial charge in [-0.15, -0.1) is 0 Å². The Balaban J connectivity index is 1.32. The first-order valence-electron chi connectivity index (χ1n) is 9.00. The maximum absolute atomic E-state index is 12.2. The average molecular weight is 376 g/mol. The molecule has 7 heteroatoms. The second kappa shape index (κ2) is 7.96. The van der Waals surface area contributed by atoms with Crippen molar-refractivity contribution in [3.8, 4) is 17.1 Å². The van der Waals surface area contributed by atoms with Crippen molar-refractivity contribution in [2.24, 2.45) is 0 Å². The summed E-state index contributed by atoms with van der Waals surface area (Å²) in [5.41, 5.74) is 2.47. The molecule has 4 aromatic rings. The molecule has 0 aliphatic heterocycles. The molecule has 7 nitrogen and oxygen atoms in total. The van der Waals surface area contributed by atoms with Gasteiger partial charge in [-0.2, -0.15) is 0 Å². The normalized spacial score (nSPS) is 10.9. The summed E-state index contributed by atoms with van der Waals surface area (Å²) in [4.78, 5) is 16.6. The van der Waals surface area contributed by atoms with Crippen molar-refractivity contribution in [1.29, 1.82) is 0 Å². The van der Waals surface area contributed by atoms with Crippen LogP contribution in [-0.2, 0) is 17.6 Å². The van der Waals surface area contributed by atoms with Crippen molar-refractivity contribution in [2.75, 3.05) is 13.7 Å². The van der Waals surface area contributed by atoms with Gasteiger partial charge in [-0.25, -0.2) is 4.98 Å². The van der Waals surface area contributed by atoms with Gasteiger partial charge < -0.3 is 19.0 Å². The van der Waals surface area contributed by atoms with Crippen LogP contribution >= 0.6 is 0 Å². The average Bonchev–Trinajstić information content (AvgIpc) is 3.35. The number of fused-ring (bicyclic) bond motifs is 1. The number of carbonyl (C=O) groups excluding carboxylic acids is 1. The van der Waals surface area contributed by atoms with E-state index in [1.165, 1.54) is 0 Å². The number of benzene rings is 1. The van der Waals surface area contributed by atoms with Gasteiger partial charge in [0.1, 0.15) is 11.6 Å². The van der Waals surface area contributed by atoms with Crippen molar-refractivity contribution in [2.45, 2.75) is 12.8 Å². The largest absolute Gasteiger partial charge is 0.497 e. The number of hydrogen-bond acceptors (Lipinski definition) is 5. The summed E-state index contributed by atoms with van der Waals surface area (Å²) in [7, 11) is 1.61. The van der Waals surface area contributed by atoms with Gasteiger partial charge in [-0.1, -0.05) is 23.4 Å².